The third-order valence-electron chi connectivity index (χ3n) is 7.17. The number of carbonyl (C=O) groups is 1. The van der Waals surface area contributed by atoms with Crippen LogP contribution in [0.3, 0.4) is 0 Å². The molecule has 0 unspecified atom stereocenters. The lowest BCUT2D eigenvalue weighted by Gasteiger charge is -2.35. The summed E-state index contributed by atoms with van der Waals surface area (Å²) in [4.78, 5) is 16.3. The summed E-state index contributed by atoms with van der Waals surface area (Å²) in [5.74, 6) is 0.544. The molecule has 2 fully saturated rings. The van der Waals surface area contributed by atoms with E-state index in [1.54, 1.807) is 6.07 Å². The van der Waals surface area contributed by atoms with Crippen molar-refractivity contribution < 1.29 is 14.3 Å². The molecule has 1 N–H and O–H groups in total. The molecule has 0 atom stereocenters. The number of benzene rings is 2. The zero-order valence-electron chi connectivity index (χ0n) is 19.2. The Bertz CT molecular complexity index is 1150. The molecule has 1 aliphatic carbocycles. The van der Waals surface area contributed by atoms with Crippen LogP contribution in [-0.4, -0.2) is 42.2 Å². The highest BCUT2D eigenvalue weighted by Gasteiger charge is 2.26. The Kier molecular flexibility index (Phi) is 7.19. The highest BCUT2D eigenvalue weighted by Crippen LogP contribution is 2.38. The summed E-state index contributed by atoms with van der Waals surface area (Å²) in [7, 11) is 0. The number of rotatable bonds is 9. The summed E-state index contributed by atoms with van der Waals surface area (Å²) in [6, 6.07) is 13.8. The number of hydrogen-bond acceptors (Lipinski definition) is 4. The minimum Gasteiger partial charge on any atom is -0.475 e. The third-order valence-corrected chi connectivity index (χ3v) is 8.25. The maximum atomic E-state index is 11.3. The summed E-state index contributed by atoms with van der Waals surface area (Å²) >= 11 is 9.76. The standard InChI is InChI=1S/C27H30BrClN2O3/c28-26-22-15-25(27(32)33)34-24(22)8-7-23(26)31-13-10-18(11-14-31)9-12-30(16-19-1-2-19)17-20-3-5-21(29)6-4-20/h3-8,15,18-19H,1-2,9-14,16-17H2,(H,32,33). The number of furan rings is 1. The van der Waals surface area contributed by atoms with Crippen molar-refractivity contribution in [2.75, 3.05) is 31.1 Å². The SMILES string of the molecule is O=C(O)c1cc2c(Br)c(N3CCC(CCN(Cc4ccc(Cl)cc4)CC4CC4)CC3)ccc2o1. The second-order valence-electron chi connectivity index (χ2n) is 9.75. The van der Waals surface area contributed by atoms with E-state index in [2.05, 4.69) is 37.9 Å². The van der Waals surface area contributed by atoms with Crippen LogP contribution in [0, 0.1) is 11.8 Å². The van der Waals surface area contributed by atoms with Gasteiger partial charge in [-0.25, -0.2) is 4.79 Å². The van der Waals surface area contributed by atoms with E-state index in [4.69, 9.17) is 16.0 Å². The maximum Gasteiger partial charge on any atom is 0.371 e. The molecule has 34 heavy (non-hydrogen) atoms. The fraction of sp³-hybridized carbons (Fsp3) is 0.444. The smallest absolute Gasteiger partial charge is 0.371 e. The van der Waals surface area contributed by atoms with E-state index in [1.807, 2.05) is 24.3 Å². The largest absolute Gasteiger partial charge is 0.475 e. The average Bonchev–Trinajstić information content (AvgIpc) is 3.53. The second-order valence-corrected chi connectivity index (χ2v) is 11.0. The molecule has 1 saturated carbocycles. The number of halogens is 2. The Morgan fingerprint density at radius 1 is 1.09 bits per heavy atom. The van der Waals surface area contributed by atoms with Crippen LogP contribution >= 0.6 is 27.5 Å². The monoisotopic (exact) mass is 544 g/mol. The molecule has 0 bridgehead atoms. The van der Waals surface area contributed by atoms with Gasteiger partial charge in [0.1, 0.15) is 5.58 Å². The van der Waals surface area contributed by atoms with Crippen molar-refractivity contribution in [1.82, 2.24) is 4.90 Å². The van der Waals surface area contributed by atoms with Gasteiger partial charge in [0.25, 0.3) is 0 Å². The van der Waals surface area contributed by atoms with Crippen molar-refractivity contribution in [3.05, 3.63) is 63.3 Å². The lowest BCUT2D eigenvalue weighted by atomic mass is 9.93. The number of aromatic carboxylic acids is 1. The Balaban J connectivity index is 1.17. The molecule has 2 aliphatic rings. The highest BCUT2D eigenvalue weighted by atomic mass is 79.9. The minimum absolute atomic E-state index is 0.0269. The van der Waals surface area contributed by atoms with Crippen LogP contribution in [0.5, 0.6) is 0 Å². The number of carboxylic acids is 1. The van der Waals surface area contributed by atoms with E-state index in [0.29, 0.717) is 5.58 Å². The zero-order valence-corrected chi connectivity index (χ0v) is 21.5. The van der Waals surface area contributed by atoms with Gasteiger partial charge in [0.2, 0.25) is 5.76 Å². The number of fused-ring (bicyclic) bond motifs is 1. The van der Waals surface area contributed by atoms with Crippen LogP contribution in [-0.2, 0) is 6.54 Å². The highest BCUT2D eigenvalue weighted by molar-refractivity contribution is 9.10. The Labute approximate surface area is 213 Å². The van der Waals surface area contributed by atoms with Crippen LogP contribution in [0.4, 0.5) is 5.69 Å². The molecular weight excluding hydrogens is 516 g/mol. The maximum absolute atomic E-state index is 11.3. The van der Waals surface area contributed by atoms with E-state index < -0.39 is 5.97 Å². The van der Waals surface area contributed by atoms with Gasteiger partial charge in [-0.15, -0.1) is 0 Å². The van der Waals surface area contributed by atoms with Gasteiger partial charge >= 0.3 is 5.97 Å². The Morgan fingerprint density at radius 2 is 1.82 bits per heavy atom. The fourth-order valence-electron chi connectivity index (χ4n) is 4.99. The number of carboxylic acid groups (broad SMARTS) is 1. The van der Waals surface area contributed by atoms with Gasteiger partial charge in [-0.2, -0.15) is 0 Å². The lowest BCUT2D eigenvalue weighted by molar-refractivity contribution is 0.0665. The molecule has 1 aliphatic heterocycles. The number of nitrogens with zero attached hydrogens (tertiary/aromatic N) is 2. The molecule has 180 valence electrons. The number of anilines is 1. The molecule has 0 amide bonds. The van der Waals surface area contributed by atoms with Crippen LogP contribution in [0.2, 0.25) is 5.02 Å². The first-order chi connectivity index (χ1) is 16.5. The van der Waals surface area contributed by atoms with Crippen LogP contribution in [0.15, 0.2) is 51.4 Å². The van der Waals surface area contributed by atoms with Crippen LogP contribution in [0.25, 0.3) is 11.0 Å². The molecule has 3 aromatic rings. The topological polar surface area (TPSA) is 56.9 Å². The van der Waals surface area contributed by atoms with Gasteiger partial charge in [0, 0.05) is 42.7 Å². The molecule has 0 radical (unpaired) electrons. The van der Waals surface area contributed by atoms with Crippen molar-refractivity contribution in [2.45, 2.75) is 38.6 Å². The first-order valence-corrected chi connectivity index (χ1v) is 13.3. The molecule has 2 aromatic carbocycles. The van der Waals surface area contributed by atoms with E-state index in [9.17, 15) is 9.90 Å². The normalized spacial score (nSPS) is 17.1. The molecule has 1 aromatic heterocycles. The van der Waals surface area contributed by atoms with E-state index >= 15 is 0 Å². The summed E-state index contributed by atoms with van der Waals surface area (Å²) in [6.45, 7) is 5.38. The van der Waals surface area contributed by atoms with E-state index in [0.717, 1.165) is 58.6 Å². The van der Waals surface area contributed by atoms with Gasteiger partial charge in [-0.3, -0.25) is 4.90 Å². The van der Waals surface area contributed by atoms with Gasteiger partial charge in [-0.05, 0) is 96.2 Å². The fourth-order valence-corrected chi connectivity index (χ4v) is 5.81. The van der Waals surface area contributed by atoms with Crippen LogP contribution < -0.4 is 4.90 Å². The predicted molar refractivity (Wildman–Crippen MR) is 140 cm³/mol. The van der Waals surface area contributed by atoms with Crippen molar-refractivity contribution in [3.63, 3.8) is 0 Å². The summed E-state index contributed by atoms with van der Waals surface area (Å²) in [5, 5.41) is 10.8. The zero-order chi connectivity index (χ0) is 23.7. The first-order valence-electron chi connectivity index (χ1n) is 12.1. The van der Waals surface area contributed by atoms with Gasteiger partial charge in [-0.1, -0.05) is 23.7 Å². The second kappa shape index (κ2) is 10.3. The third kappa shape index (κ3) is 5.61. The molecular formula is C27H30BrClN2O3. The number of piperidine rings is 1. The molecule has 5 rings (SSSR count). The van der Waals surface area contributed by atoms with Crippen LogP contribution in [0.1, 0.15) is 48.2 Å². The average molecular weight is 546 g/mol. The summed E-state index contributed by atoms with van der Waals surface area (Å²) in [6.07, 6.45) is 6.33. The molecule has 0 spiro atoms. The minimum atomic E-state index is -1.04. The molecule has 1 saturated heterocycles. The van der Waals surface area contributed by atoms with Crippen molar-refractivity contribution >= 4 is 50.2 Å². The summed E-state index contributed by atoms with van der Waals surface area (Å²) in [5.41, 5.74) is 3.05. The van der Waals surface area contributed by atoms with Crippen molar-refractivity contribution in [2.24, 2.45) is 11.8 Å². The van der Waals surface area contributed by atoms with E-state index in [1.165, 1.54) is 44.2 Å². The molecule has 5 nitrogen and oxygen atoms in total. The lowest BCUT2D eigenvalue weighted by Crippen LogP contribution is -2.35. The van der Waals surface area contributed by atoms with Crippen molar-refractivity contribution in [3.8, 4) is 0 Å². The Morgan fingerprint density at radius 3 is 2.50 bits per heavy atom. The quantitative estimate of drug-likeness (QED) is 0.312. The van der Waals surface area contributed by atoms with Gasteiger partial charge in [0.15, 0.2) is 0 Å². The van der Waals surface area contributed by atoms with Crippen molar-refractivity contribution in [1.29, 1.82) is 0 Å². The predicted octanol–water partition coefficient (Wildman–Crippen LogP) is 7.07. The summed E-state index contributed by atoms with van der Waals surface area (Å²) < 4.78 is 6.36. The number of hydrogen-bond donors (Lipinski definition) is 1. The molecule has 2 heterocycles. The van der Waals surface area contributed by atoms with Gasteiger partial charge < -0.3 is 14.4 Å². The molecule has 7 heteroatoms. The van der Waals surface area contributed by atoms with E-state index in [-0.39, 0.29) is 5.76 Å². The van der Waals surface area contributed by atoms with Gasteiger partial charge in [0.05, 0.1) is 10.2 Å². The first kappa shape index (κ1) is 23.7. The Hall–Kier alpha value is -2.02.